The van der Waals surface area contributed by atoms with Crippen molar-refractivity contribution >= 4 is 21.8 Å². The van der Waals surface area contributed by atoms with Crippen molar-refractivity contribution in [2.24, 2.45) is 0 Å². The van der Waals surface area contributed by atoms with Gasteiger partial charge in [0.2, 0.25) is 0 Å². The Morgan fingerprint density at radius 2 is 2.23 bits per heavy atom. The van der Waals surface area contributed by atoms with Crippen LogP contribution in [0.25, 0.3) is 0 Å². The summed E-state index contributed by atoms with van der Waals surface area (Å²) in [5.74, 6) is -0.0946. The van der Waals surface area contributed by atoms with Gasteiger partial charge in [-0.05, 0) is 22.4 Å². The van der Waals surface area contributed by atoms with Crippen LogP contribution in [0.3, 0.4) is 0 Å². The van der Waals surface area contributed by atoms with Crippen molar-refractivity contribution in [1.82, 2.24) is 15.1 Å². The topological polar surface area (TPSA) is 49.0 Å². The number of hydrogen-bond donors (Lipinski definition) is 1. The predicted molar refractivity (Wildman–Crippen MR) is 53.7 cm³/mol. The molecular formula is C8H12BrN3O. The maximum atomic E-state index is 11.5. The molecule has 0 saturated carbocycles. The molecule has 0 bridgehead atoms. The lowest BCUT2D eigenvalue weighted by Crippen LogP contribution is -2.22. The van der Waals surface area contributed by atoms with E-state index in [-0.39, 0.29) is 5.91 Å². The molecule has 72 valence electrons. The molecule has 1 aromatic heterocycles. The van der Waals surface area contributed by atoms with Crippen LogP contribution >= 0.6 is 15.9 Å². The molecule has 0 aliphatic carbocycles. The van der Waals surface area contributed by atoms with E-state index < -0.39 is 0 Å². The fourth-order valence-corrected chi connectivity index (χ4v) is 1.58. The number of halogens is 1. The number of aromatic amines is 1. The highest BCUT2D eigenvalue weighted by molar-refractivity contribution is 9.10. The first kappa shape index (κ1) is 10.2. The van der Waals surface area contributed by atoms with E-state index in [1.54, 1.807) is 14.1 Å². The first-order valence-corrected chi connectivity index (χ1v) is 4.81. The van der Waals surface area contributed by atoms with Crippen molar-refractivity contribution < 1.29 is 4.79 Å². The lowest BCUT2D eigenvalue weighted by atomic mass is 10.3. The molecule has 0 aliphatic rings. The van der Waals surface area contributed by atoms with Crippen LogP contribution in [0, 0.1) is 0 Å². The Kier molecular flexibility index (Phi) is 3.08. The summed E-state index contributed by atoms with van der Waals surface area (Å²) in [5, 5.41) is 6.76. The van der Waals surface area contributed by atoms with Crippen LogP contribution in [0.4, 0.5) is 0 Å². The largest absolute Gasteiger partial charge is 0.343 e. The van der Waals surface area contributed by atoms with E-state index in [0.717, 1.165) is 16.6 Å². The maximum Gasteiger partial charge on any atom is 0.275 e. The predicted octanol–water partition coefficient (Wildman–Crippen LogP) is 1.44. The van der Waals surface area contributed by atoms with E-state index in [1.165, 1.54) is 4.90 Å². The molecule has 1 rings (SSSR count). The van der Waals surface area contributed by atoms with Gasteiger partial charge in [-0.15, -0.1) is 0 Å². The van der Waals surface area contributed by atoms with Crippen LogP contribution < -0.4 is 0 Å². The lowest BCUT2D eigenvalue weighted by Gasteiger charge is -2.07. The minimum Gasteiger partial charge on any atom is -0.343 e. The van der Waals surface area contributed by atoms with Crippen LogP contribution in [0.1, 0.15) is 23.1 Å². The first-order chi connectivity index (χ1) is 6.07. The van der Waals surface area contributed by atoms with Gasteiger partial charge < -0.3 is 4.90 Å². The molecule has 0 aliphatic heterocycles. The molecular weight excluding hydrogens is 234 g/mol. The van der Waals surface area contributed by atoms with Crippen LogP contribution in [0.2, 0.25) is 0 Å². The van der Waals surface area contributed by atoms with Gasteiger partial charge in [0.1, 0.15) is 0 Å². The number of nitrogens with one attached hydrogen (secondary N) is 1. The zero-order chi connectivity index (χ0) is 10.0. The molecule has 0 saturated heterocycles. The van der Waals surface area contributed by atoms with E-state index in [2.05, 4.69) is 26.1 Å². The standard InChI is InChI=1S/C8H12BrN3O/c1-4-5-6(9)7(11-10-5)8(13)12(2)3/h4H2,1-3H3,(H,10,11). The zero-order valence-corrected chi connectivity index (χ0v) is 9.47. The van der Waals surface area contributed by atoms with Crippen LogP contribution in [0.15, 0.2) is 4.47 Å². The summed E-state index contributed by atoms with van der Waals surface area (Å²) in [5.41, 5.74) is 1.40. The molecule has 1 N–H and O–H groups in total. The third-order valence-corrected chi connectivity index (χ3v) is 2.59. The Balaban J connectivity index is 3.02. The number of hydrogen-bond acceptors (Lipinski definition) is 2. The molecule has 4 nitrogen and oxygen atoms in total. The summed E-state index contributed by atoms with van der Waals surface area (Å²) in [6.07, 6.45) is 0.828. The molecule has 1 aromatic rings. The second kappa shape index (κ2) is 3.91. The third kappa shape index (κ3) is 1.91. The van der Waals surface area contributed by atoms with Crippen LogP contribution in [-0.2, 0) is 6.42 Å². The molecule has 0 unspecified atom stereocenters. The third-order valence-electron chi connectivity index (χ3n) is 1.74. The molecule has 0 spiro atoms. The van der Waals surface area contributed by atoms with Gasteiger partial charge in [0.25, 0.3) is 5.91 Å². The number of H-pyrrole nitrogens is 1. The highest BCUT2D eigenvalue weighted by Gasteiger charge is 2.17. The van der Waals surface area contributed by atoms with Crippen molar-refractivity contribution in [3.8, 4) is 0 Å². The maximum absolute atomic E-state index is 11.5. The van der Waals surface area contributed by atoms with E-state index in [4.69, 9.17) is 0 Å². The normalized spacial score (nSPS) is 10.2. The summed E-state index contributed by atoms with van der Waals surface area (Å²) < 4.78 is 0.772. The SMILES string of the molecule is CCc1[nH]nc(C(=O)N(C)C)c1Br. The lowest BCUT2D eigenvalue weighted by molar-refractivity contribution is 0.0821. The van der Waals surface area contributed by atoms with Crippen molar-refractivity contribution in [2.45, 2.75) is 13.3 Å². The van der Waals surface area contributed by atoms with Gasteiger partial charge in [-0.2, -0.15) is 5.10 Å². The molecule has 1 amide bonds. The molecule has 0 atom stereocenters. The Morgan fingerprint density at radius 3 is 2.62 bits per heavy atom. The van der Waals surface area contributed by atoms with Gasteiger partial charge in [-0.1, -0.05) is 6.92 Å². The number of nitrogens with zero attached hydrogens (tertiary/aromatic N) is 2. The Bertz CT molecular complexity index is 319. The smallest absolute Gasteiger partial charge is 0.275 e. The van der Waals surface area contributed by atoms with E-state index >= 15 is 0 Å². The molecule has 13 heavy (non-hydrogen) atoms. The van der Waals surface area contributed by atoms with Gasteiger partial charge in [0, 0.05) is 19.8 Å². The van der Waals surface area contributed by atoms with Gasteiger partial charge in [0.05, 0.1) is 4.47 Å². The number of aromatic nitrogens is 2. The van der Waals surface area contributed by atoms with Gasteiger partial charge in [0.15, 0.2) is 5.69 Å². The number of carbonyl (C=O) groups excluding carboxylic acids is 1. The van der Waals surface area contributed by atoms with Crippen LogP contribution in [-0.4, -0.2) is 35.1 Å². The van der Waals surface area contributed by atoms with Crippen molar-refractivity contribution in [3.63, 3.8) is 0 Å². The first-order valence-electron chi connectivity index (χ1n) is 4.02. The molecule has 0 fully saturated rings. The Morgan fingerprint density at radius 1 is 1.62 bits per heavy atom. The molecule has 5 heteroatoms. The molecule has 1 heterocycles. The van der Waals surface area contributed by atoms with Crippen LogP contribution in [0.5, 0.6) is 0 Å². The highest BCUT2D eigenvalue weighted by Crippen LogP contribution is 2.20. The summed E-state index contributed by atoms with van der Waals surface area (Å²) >= 11 is 3.34. The Hall–Kier alpha value is -0.840. The summed E-state index contributed by atoms with van der Waals surface area (Å²) in [4.78, 5) is 13.0. The average molecular weight is 246 g/mol. The summed E-state index contributed by atoms with van der Waals surface area (Å²) in [7, 11) is 3.41. The number of aryl methyl sites for hydroxylation is 1. The molecule has 0 aromatic carbocycles. The quantitative estimate of drug-likeness (QED) is 0.858. The van der Waals surface area contributed by atoms with Gasteiger partial charge >= 0.3 is 0 Å². The van der Waals surface area contributed by atoms with E-state index in [9.17, 15) is 4.79 Å². The van der Waals surface area contributed by atoms with Crippen molar-refractivity contribution in [2.75, 3.05) is 14.1 Å². The zero-order valence-electron chi connectivity index (χ0n) is 7.89. The second-order valence-corrected chi connectivity index (χ2v) is 3.71. The highest BCUT2D eigenvalue weighted by atomic mass is 79.9. The fraction of sp³-hybridized carbons (Fsp3) is 0.500. The van der Waals surface area contributed by atoms with Crippen molar-refractivity contribution in [1.29, 1.82) is 0 Å². The number of amides is 1. The van der Waals surface area contributed by atoms with Gasteiger partial charge in [-0.25, -0.2) is 0 Å². The number of carbonyl (C=O) groups is 1. The summed E-state index contributed by atoms with van der Waals surface area (Å²) in [6, 6.07) is 0. The second-order valence-electron chi connectivity index (χ2n) is 2.92. The van der Waals surface area contributed by atoms with Crippen molar-refractivity contribution in [3.05, 3.63) is 15.9 Å². The van der Waals surface area contributed by atoms with Gasteiger partial charge in [-0.3, -0.25) is 9.89 Å². The minimum absolute atomic E-state index is 0.0946. The van der Waals surface area contributed by atoms with E-state index in [1.807, 2.05) is 6.92 Å². The average Bonchev–Trinajstić information content (AvgIpc) is 2.45. The van der Waals surface area contributed by atoms with E-state index in [0.29, 0.717) is 5.69 Å². The fourth-order valence-electron chi connectivity index (χ4n) is 0.952. The Labute approximate surface area is 85.4 Å². The summed E-state index contributed by atoms with van der Waals surface area (Å²) in [6.45, 7) is 2.00. The number of rotatable bonds is 2. The minimum atomic E-state index is -0.0946. The molecule has 0 radical (unpaired) electrons. The monoisotopic (exact) mass is 245 g/mol.